The van der Waals surface area contributed by atoms with Gasteiger partial charge < -0.3 is 14.7 Å². The summed E-state index contributed by atoms with van der Waals surface area (Å²) in [5.74, 6) is 1.27. The summed E-state index contributed by atoms with van der Waals surface area (Å²) in [5.41, 5.74) is 4.45. The second kappa shape index (κ2) is 7.41. The number of unbranched alkanes of at least 4 members (excludes halogenated alkanes) is 4. The van der Waals surface area contributed by atoms with Crippen LogP contribution in [0.2, 0.25) is 0 Å². The van der Waals surface area contributed by atoms with Crippen molar-refractivity contribution in [3.8, 4) is 11.5 Å². The highest BCUT2D eigenvalue weighted by Gasteiger charge is 2.38. The van der Waals surface area contributed by atoms with Crippen LogP contribution in [0.1, 0.15) is 70.4 Å². The minimum Gasteiger partial charge on any atom is -0.507 e. The van der Waals surface area contributed by atoms with E-state index in [1.165, 1.54) is 48.8 Å². The molecule has 0 radical (unpaired) electrons. The van der Waals surface area contributed by atoms with E-state index in [1.807, 2.05) is 6.07 Å². The van der Waals surface area contributed by atoms with Gasteiger partial charge in [-0.05, 0) is 69.0 Å². The lowest BCUT2D eigenvalue weighted by Gasteiger charge is -2.42. The number of hydrogen-bond acceptors (Lipinski definition) is 3. The maximum Gasteiger partial charge on any atom is 0.132 e. The summed E-state index contributed by atoms with van der Waals surface area (Å²) in [6, 6.07) is 4.13. The Morgan fingerprint density at radius 1 is 1.16 bits per heavy atom. The Labute approximate surface area is 152 Å². The van der Waals surface area contributed by atoms with Crippen LogP contribution in [-0.4, -0.2) is 35.7 Å². The van der Waals surface area contributed by atoms with Gasteiger partial charge in [0, 0.05) is 13.1 Å². The van der Waals surface area contributed by atoms with E-state index in [9.17, 15) is 5.11 Å². The average molecular weight is 344 g/mol. The monoisotopic (exact) mass is 343 g/mol. The first-order chi connectivity index (χ1) is 11.9. The molecule has 1 aromatic rings. The second-order valence-electron chi connectivity index (χ2n) is 8.21. The van der Waals surface area contributed by atoms with Gasteiger partial charge in [-0.2, -0.15) is 0 Å². The fourth-order valence-electron chi connectivity index (χ4n) is 4.18. The minimum absolute atomic E-state index is 0.302. The van der Waals surface area contributed by atoms with E-state index in [-0.39, 0.29) is 5.60 Å². The molecule has 1 aromatic carbocycles. The van der Waals surface area contributed by atoms with Gasteiger partial charge in [0.25, 0.3) is 0 Å². The van der Waals surface area contributed by atoms with Gasteiger partial charge in [-0.1, -0.05) is 32.6 Å². The van der Waals surface area contributed by atoms with E-state index < -0.39 is 0 Å². The van der Waals surface area contributed by atoms with Gasteiger partial charge in [0.2, 0.25) is 0 Å². The molecule has 0 fully saturated rings. The Hall–Kier alpha value is -1.48. The first kappa shape index (κ1) is 18.3. The van der Waals surface area contributed by atoms with Crippen LogP contribution in [0.4, 0.5) is 0 Å². The summed E-state index contributed by atoms with van der Waals surface area (Å²) in [6.45, 7) is 8.50. The van der Waals surface area contributed by atoms with Crippen molar-refractivity contribution in [2.45, 2.75) is 71.3 Å². The summed E-state index contributed by atoms with van der Waals surface area (Å²) in [6.07, 6.45) is 8.34. The topological polar surface area (TPSA) is 32.7 Å². The van der Waals surface area contributed by atoms with E-state index in [2.05, 4.69) is 38.8 Å². The van der Waals surface area contributed by atoms with Crippen molar-refractivity contribution in [1.82, 2.24) is 4.90 Å². The lowest BCUT2D eigenvalue weighted by molar-refractivity contribution is 0.128. The van der Waals surface area contributed by atoms with E-state index in [1.54, 1.807) is 0 Å². The number of likely N-dealkylation sites (N-methyl/N-ethyl adjacent to an activating group) is 1. The fourth-order valence-corrected chi connectivity index (χ4v) is 4.18. The van der Waals surface area contributed by atoms with Gasteiger partial charge in [-0.15, -0.1) is 0 Å². The Morgan fingerprint density at radius 3 is 2.68 bits per heavy atom. The number of fused-ring (bicyclic) bond motifs is 2. The molecule has 138 valence electrons. The molecule has 3 heteroatoms. The van der Waals surface area contributed by atoms with E-state index >= 15 is 0 Å². The number of rotatable bonds is 6. The first-order valence-corrected chi connectivity index (χ1v) is 9.88. The van der Waals surface area contributed by atoms with Gasteiger partial charge >= 0.3 is 0 Å². The Kier molecular flexibility index (Phi) is 5.43. The Morgan fingerprint density at radius 2 is 1.92 bits per heavy atom. The quantitative estimate of drug-likeness (QED) is 0.724. The van der Waals surface area contributed by atoms with Crippen LogP contribution in [0.3, 0.4) is 0 Å². The first-order valence-electron chi connectivity index (χ1n) is 9.88. The molecule has 0 spiro atoms. The van der Waals surface area contributed by atoms with Crippen LogP contribution in [0.25, 0.3) is 5.57 Å². The van der Waals surface area contributed by atoms with E-state index in [0.717, 1.165) is 37.2 Å². The zero-order valence-corrected chi connectivity index (χ0v) is 16.3. The van der Waals surface area contributed by atoms with Crippen LogP contribution in [0.15, 0.2) is 17.7 Å². The highest BCUT2D eigenvalue weighted by Crippen LogP contribution is 2.48. The van der Waals surface area contributed by atoms with Gasteiger partial charge in [-0.3, -0.25) is 0 Å². The molecule has 0 atom stereocenters. The molecule has 0 aromatic heterocycles. The second-order valence-corrected chi connectivity index (χ2v) is 8.21. The summed E-state index contributed by atoms with van der Waals surface area (Å²) in [5, 5.41) is 10.7. The van der Waals surface area contributed by atoms with Crippen LogP contribution >= 0.6 is 0 Å². The molecule has 2 aliphatic rings. The predicted octanol–water partition coefficient (Wildman–Crippen LogP) is 5.17. The molecule has 0 saturated carbocycles. The number of aryl methyl sites for hydroxylation is 1. The number of hydrogen-bond donors (Lipinski definition) is 1. The number of ether oxygens (including phenoxy) is 1. The highest BCUT2D eigenvalue weighted by atomic mass is 16.5. The predicted molar refractivity (Wildman–Crippen MR) is 104 cm³/mol. The van der Waals surface area contributed by atoms with Crippen LogP contribution in [-0.2, 0) is 6.42 Å². The SMILES string of the molecule is CCCCCCCc1cc(O)c2c(c1)OC(C)(C)C1=C2CCN(C)C1. The van der Waals surface area contributed by atoms with E-state index in [0.29, 0.717) is 5.75 Å². The molecule has 3 nitrogen and oxygen atoms in total. The fraction of sp³-hybridized carbons (Fsp3) is 0.636. The highest BCUT2D eigenvalue weighted by molar-refractivity contribution is 5.81. The van der Waals surface area contributed by atoms with Crippen molar-refractivity contribution in [1.29, 1.82) is 0 Å². The van der Waals surface area contributed by atoms with Crippen molar-refractivity contribution in [3.05, 3.63) is 28.8 Å². The number of aromatic hydroxyl groups is 1. The summed E-state index contributed by atoms with van der Waals surface area (Å²) >= 11 is 0. The maximum atomic E-state index is 10.7. The maximum absolute atomic E-state index is 10.7. The molecule has 0 unspecified atom stereocenters. The summed E-state index contributed by atoms with van der Waals surface area (Å²) in [4.78, 5) is 2.33. The number of phenolic OH excluding ortho intramolecular Hbond substituents is 1. The number of benzene rings is 1. The normalized spacial score (nSPS) is 19.4. The van der Waals surface area contributed by atoms with Crippen molar-refractivity contribution in [2.75, 3.05) is 20.1 Å². The largest absolute Gasteiger partial charge is 0.507 e. The lowest BCUT2D eigenvalue weighted by Crippen LogP contribution is -2.42. The smallest absolute Gasteiger partial charge is 0.132 e. The molecule has 0 saturated heterocycles. The standard InChI is InChI=1S/C22H33NO2/c1-5-6-7-8-9-10-16-13-19(24)21-17-11-12-23(4)15-18(17)22(2,3)25-20(21)14-16/h13-14,24H,5-12,15H2,1-4H3. The Balaban J connectivity index is 1.84. The van der Waals surface area contributed by atoms with E-state index in [4.69, 9.17) is 4.74 Å². The van der Waals surface area contributed by atoms with Crippen LogP contribution in [0.5, 0.6) is 11.5 Å². The number of nitrogens with zero attached hydrogens (tertiary/aromatic N) is 1. The third-order valence-electron chi connectivity index (χ3n) is 5.64. The minimum atomic E-state index is -0.302. The summed E-state index contributed by atoms with van der Waals surface area (Å²) < 4.78 is 6.36. The third-order valence-corrected chi connectivity index (χ3v) is 5.64. The van der Waals surface area contributed by atoms with Crippen molar-refractivity contribution in [3.63, 3.8) is 0 Å². The number of phenols is 1. The van der Waals surface area contributed by atoms with Gasteiger partial charge in [0.15, 0.2) is 0 Å². The molecule has 25 heavy (non-hydrogen) atoms. The van der Waals surface area contributed by atoms with Gasteiger partial charge in [0.1, 0.15) is 17.1 Å². The molecule has 2 heterocycles. The summed E-state index contributed by atoms with van der Waals surface area (Å²) in [7, 11) is 2.15. The van der Waals surface area contributed by atoms with Gasteiger partial charge in [-0.25, -0.2) is 0 Å². The molecule has 0 amide bonds. The van der Waals surface area contributed by atoms with Crippen molar-refractivity contribution < 1.29 is 9.84 Å². The Bertz CT molecular complexity index is 660. The third kappa shape index (κ3) is 3.87. The zero-order chi connectivity index (χ0) is 18.0. The van der Waals surface area contributed by atoms with Crippen molar-refractivity contribution in [2.24, 2.45) is 0 Å². The molecule has 3 rings (SSSR count). The lowest BCUT2D eigenvalue weighted by atomic mass is 9.81. The van der Waals surface area contributed by atoms with Crippen LogP contribution in [0, 0.1) is 0 Å². The molecule has 0 bridgehead atoms. The zero-order valence-electron chi connectivity index (χ0n) is 16.3. The molecule has 0 aliphatic carbocycles. The average Bonchev–Trinajstić information content (AvgIpc) is 2.54. The molecular weight excluding hydrogens is 310 g/mol. The molecular formula is C22H33NO2. The van der Waals surface area contributed by atoms with Gasteiger partial charge in [0.05, 0.1) is 5.56 Å². The molecule has 1 N–H and O–H groups in total. The van der Waals surface area contributed by atoms with Crippen molar-refractivity contribution >= 4 is 5.57 Å². The molecule has 2 aliphatic heterocycles. The van der Waals surface area contributed by atoms with Crippen LogP contribution < -0.4 is 4.74 Å².